The van der Waals surface area contributed by atoms with Crippen LogP contribution < -0.4 is 0 Å². The summed E-state index contributed by atoms with van der Waals surface area (Å²) < 4.78 is 0. The summed E-state index contributed by atoms with van der Waals surface area (Å²) in [6.07, 6.45) is 2.91. The number of imide groups is 1. The molecule has 0 spiro atoms. The van der Waals surface area contributed by atoms with Gasteiger partial charge >= 0.3 is 0 Å². The van der Waals surface area contributed by atoms with Crippen LogP contribution in [0.2, 0.25) is 0 Å². The number of unbranched alkanes of at least 4 members (excludes halogenated alkanes) is 2. The van der Waals surface area contributed by atoms with Crippen molar-refractivity contribution < 1.29 is 9.59 Å². The predicted molar refractivity (Wildman–Crippen MR) is 147 cm³/mol. The molecule has 0 saturated carbocycles. The van der Waals surface area contributed by atoms with Gasteiger partial charge in [-0.2, -0.15) is 0 Å². The molecule has 188 valence electrons. The first-order valence-corrected chi connectivity index (χ1v) is 13.9. The number of amidine groups is 1. The fourth-order valence-corrected chi connectivity index (χ4v) is 6.34. The molecule has 0 aliphatic carbocycles. The first kappa shape index (κ1) is 23.9. The molecule has 0 aromatic heterocycles. The highest BCUT2D eigenvalue weighted by molar-refractivity contribution is 7.99. The lowest BCUT2D eigenvalue weighted by atomic mass is 10.1. The zero-order valence-electron chi connectivity index (χ0n) is 20.8. The van der Waals surface area contributed by atoms with E-state index in [-0.39, 0.29) is 11.8 Å². The van der Waals surface area contributed by atoms with Gasteiger partial charge in [0.1, 0.15) is 5.84 Å². The normalized spacial score (nSPS) is 17.2. The number of benzene rings is 3. The van der Waals surface area contributed by atoms with Gasteiger partial charge in [-0.15, -0.1) is 0 Å². The lowest BCUT2D eigenvalue weighted by molar-refractivity contribution is 0.0651. The molecule has 2 amide bonds. The molecule has 1 saturated heterocycles. The number of nitrogens with zero attached hydrogens (tertiary/aromatic N) is 4. The lowest BCUT2D eigenvalue weighted by Gasteiger charge is -2.36. The van der Waals surface area contributed by atoms with Crippen LogP contribution in [0.4, 0.5) is 5.69 Å². The second kappa shape index (κ2) is 10.5. The first-order valence-electron chi connectivity index (χ1n) is 13.1. The second-order valence-electron chi connectivity index (χ2n) is 9.70. The Balaban J connectivity index is 1.00. The Labute approximate surface area is 222 Å². The van der Waals surface area contributed by atoms with Crippen LogP contribution in [-0.4, -0.2) is 71.6 Å². The van der Waals surface area contributed by atoms with E-state index < -0.39 is 0 Å². The molecular weight excluding hydrogens is 480 g/mol. The third-order valence-corrected chi connectivity index (χ3v) is 8.49. The van der Waals surface area contributed by atoms with Crippen molar-refractivity contribution in [2.24, 2.45) is 4.99 Å². The van der Waals surface area contributed by atoms with Gasteiger partial charge < -0.3 is 4.90 Å². The summed E-state index contributed by atoms with van der Waals surface area (Å²) in [6.45, 7) is 5.46. The van der Waals surface area contributed by atoms with Crippen LogP contribution in [0.5, 0.6) is 0 Å². The number of carbonyl (C=O) groups is 2. The van der Waals surface area contributed by atoms with Crippen molar-refractivity contribution in [2.45, 2.75) is 29.1 Å². The van der Waals surface area contributed by atoms with E-state index >= 15 is 0 Å². The van der Waals surface area contributed by atoms with Crippen LogP contribution >= 0.6 is 11.8 Å². The number of hydrogen-bond donors (Lipinski definition) is 0. The minimum Gasteiger partial charge on any atom is -0.354 e. The fourth-order valence-electron chi connectivity index (χ4n) is 5.32. The summed E-state index contributed by atoms with van der Waals surface area (Å²) >= 11 is 1.80. The van der Waals surface area contributed by atoms with E-state index in [0.29, 0.717) is 17.7 Å². The van der Waals surface area contributed by atoms with Gasteiger partial charge in [-0.25, -0.2) is 4.99 Å². The van der Waals surface area contributed by atoms with Crippen molar-refractivity contribution in [3.05, 3.63) is 89.5 Å². The van der Waals surface area contributed by atoms with Crippen molar-refractivity contribution in [3.8, 4) is 0 Å². The summed E-state index contributed by atoms with van der Waals surface area (Å²) in [7, 11) is 0. The van der Waals surface area contributed by atoms with E-state index in [1.807, 2.05) is 12.1 Å². The van der Waals surface area contributed by atoms with Crippen molar-refractivity contribution >= 4 is 35.1 Å². The van der Waals surface area contributed by atoms with Gasteiger partial charge in [-0.05, 0) is 49.7 Å². The molecule has 0 bridgehead atoms. The second-order valence-corrected chi connectivity index (χ2v) is 10.8. The van der Waals surface area contributed by atoms with E-state index in [0.717, 1.165) is 63.5 Å². The maximum Gasteiger partial charge on any atom is 0.261 e. The largest absolute Gasteiger partial charge is 0.354 e. The van der Waals surface area contributed by atoms with Crippen LogP contribution in [-0.2, 0) is 0 Å². The number of carbonyl (C=O) groups excluding carboxylic acids is 2. The Kier molecular flexibility index (Phi) is 6.81. The Morgan fingerprint density at radius 3 is 1.97 bits per heavy atom. The fraction of sp³-hybridized carbons (Fsp3) is 0.300. The van der Waals surface area contributed by atoms with Gasteiger partial charge in [0.05, 0.1) is 16.8 Å². The molecule has 7 heteroatoms. The number of para-hydroxylation sites is 1. The van der Waals surface area contributed by atoms with Crippen molar-refractivity contribution in [1.82, 2.24) is 14.7 Å². The molecule has 0 atom stereocenters. The van der Waals surface area contributed by atoms with E-state index in [2.05, 4.69) is 58.3 Å². The smallest absolute Gasteiger partial charge is 0.261 e. The van der Waals surface area contributed by atoms with Crippen LogP contribution in [0.25, 0.3) is 0 Å². The molecule has 3 aliphatic rings. The summed E-state index contributed by atoms with van der Waals surface area (Å²) in [6, 6.07) is 24.1. The number of amides is 2. The standard InChI is InChI=1S/C30H30N4O2S/c35-29-22-10-2-3-11-23(22)30(36)34(29)17-9-1-8-16-32-18-20-33(21-19-32)28-24-12-4-6-14-26(24)37-27-15-7-5-13-25(27)31-28/h2-7,10-15H,1,8-9,16-21H2. The summed E-state index contributed by atoms with van der Waals surface area (Å²) in [5, 5.41) is 0. The van der Waals surface area contributed by atoms with Crippen molar-refractivity contribution in [2.75, 3.05) is 39.3 Å². The Hall–Kier alpha value is -3.42. The molecule has 0 radical (unpaired) electrons. The lowest BCUT2D eigenvalue weighted by Crippen LogP contribution is -2.49. The molecule has 3 heterocycles. The van der Waals surface area contributed by atoms with Gasteiger partial charge in [0.2, 0.25) is 0 Å². The number of rotatable bonds is 6. The predicted octanol–water partition coefficient (Wildman–Crippen LogP) is 5.31. The van der Waals surface area contributed by atoms with Crippen LogP contribution in [0.15, 0.2) is 87.6 Å². The van der Waals surface area contributed by atoms with Gasteiger partial charge in [0.15, 0.2) is 0 Å². The van der Waals surface area contributed by atoms with Crippen molar-refractivity contribution in [1.29, 1.82) is 0 Å². The van der Waals surface area contributed by atoms with Gasteiger partial charge in [-0.3, -0.25) is 19.4 Å². The molecule has 6 rings (SSSR count). The van der Waals surface area contributed by atoms with E-state index in [1.165, 1.54) is 20.3 Å². The first-order chi connectivity index (χ1) is 18.2. The average Bonchev–Trinajstić information content (AvgIpc) is 3.08. The summed E-state index contributed by atoms with van der Waals surface area (Å²) in [4.78, 5) is 39.0. The zero-order valence-corrected chi connectivity index (χ0v) is 21.6. The van der Waals surface area contributed by atoms with Gasteiger partial charge in [-0.1, -0.05) is 60.6 Å². The van der Waals surface area contributed by atoms with Crippen LogP contribution in [0.3, 0.4) is 0 Å². The Bertz CT molecular complexity index is 1330. The molecule has 0 N–H and O–H groups in total. The third kappa shape index (κ3) is 4.81. The molecular formula is C30H30N4O2S. The molecule has 3 aromatic carbocycles. The highest BCUT2D eigenvalue weighted by Gasteiger charge is 2.34. The van der Waals surface area contributed by atoms with Gasteiger partial charge in [0, 0.05) is 48.1 Å². The summed E-state index contributed by atoms with van der Waals surface area (Å²) in [5.74, 6) is 0.773. The molecule has 0 unspecified atom stereocenters. The van der Waals surface area contributed by atoms with Gasteiger partial charge in [0.25, 0.3) is 11.8 Å². The number of fused-ring (bicyclic) bond motifs is 3. The molecule has 3 aromatic rings. The average molecular weight is 511 g/mol. The highest BCUT2D eigenvalue weighted by Crippen LogP contribution is 2.40. The topological polar surface area (TPSA) is 56.2 Å². The molecule has 1 fully saturated rings. The van der Waals surface area contributed by atoms with E-state index in [4.69, 9.17) is 4.99 Å². The number of hydrogen-bond acceptors (Lipinski definition) is 6. The maximum atomic E-state index is 12.5. The Morgan fingerprint density at radius 1 is 0.649 bits per heavy atom. The minimum atomic E-state index is -0.152. The van der Waals surface area contributed by atoms with E-state index in [9.17, 15) is 9.59 Å². The number of piperazine rings is 1. The zero-order chi connectivity index (χ0) is 25.2. The maximum absolute atomic E-state index is 12.5. The molecule has 3 aliphatic heterocycles. The molecule has 37 heavy (non-hydrogen) atoms. The highest BCUT2D eigenvalue weighted by atomic mass is 32.2. The van der Waals surface area contributed by atoms with E-state index in [1.54, 1.807) is 23.9 Å². The minimum absolute atomic E-state index is 0.152. The summed E-state index contributed by atoms with van der Waals surface area (Å²) in [5.41, 5.74) is 3.33. The SMILES string of the molecule is O=C1c2ccccc2C(=O)N1CCCCCN1CCN(C2=Nc3ccccc3Sc3ccccc32)CC1. The Morgan fingerprint density at radius 2 is 1.24 bits per heavy atom. The number of aliphatic imine (C=N–C) groups is 1. The quantitative estimate of drug-likeness (QED) is 0.332. The van der Waals surface area contributed by atoms with Crippen molar-refractivity contribution in [3.63, 3.8) is 0 Å². The van der Waals surface area contributed by atoms with Crippen LogP contribution in [0.1, 0.15) is 45.5 Å². The third-order valence-electron chi connectivity index (χ3n) is 7.35. The molecule has 6 nitrogen and oxygen atoms in total. The monoisotopic (exact) mass is 510 g/mol. The van der Waals surface area contributed by atoms with Crippen LogP contribution in [0, 0.1) is 0 Å².